The van der Waals surface area contributed by atoms with Crippen LogP contribution in [0.5, 0.6) is 0 Å². The molecule has 0 amide bonds. The van der Waals surface area contributed by atoms with Crippen LogP contribution in [0.15, 0.2) is 30.4 Å². The van der Waals surface area contributed by atoms with Crippen LogP contribution in [0.1, 0.15) is 50.3 Å². The van der Waals surface area contributed by atoms with E-state index in [0.717, 1.165) is 30.8 Å². The van der Waals surface area contributed by atoms with Gasteiger partial charge in [-0.2, -0.15) is 0 Å². The molecule has 100 valence electrons. The number of hydrogen-bond donors (Lipinski definition) is 1. The standard InChI is InChI=1S/C16H24ClN/c1-5-11-18-16(10-9-12(2)3)14-7-6-8-15(17)13(14)4/h6-8,16,18H,2,5,9-11H2,1,3-4H3. The van der Waals surface area contributed by atoms with Crippen molar-refractivity contribution in [3.8, 4) is 0 Å². The molecular weight excluding hydrogens is 242 g/mol. The summed E-state index contributed by atoms with van der Waals surface area (Å²) in [5.74, 6) is 0. The lowest BCUT2D eigenvalue weighted by molar-refractivity contribution is 0.497. The van der Waals surface area contributed by atoms with Crippen molar-refractivity contribution < 1.29 is 0 Å². The first kappa shape index (κ1) is 15.3. The number of nitrogens with one attached hydrogen (secondary N) is 1. The van der Waals surface area contributed by atoms with E-state index in [0.29, 0.717) is 6.04 Å². The minimum Gasteiger partial charge on any atom is -0.310 e. The largest absolute Gasteiger partial charge is 0.310 e. The van der Waals surface area contributed by atoms with Crippen LogP contribution in [0.2, 0.25) is 5.02 Å². The van der Waals surface area contributed by atoms with E-state index in [-0.39, 0.29) is 0 Å². The highest BCUT2D eigenvalue weighted by Gasteiger charge is 2.14. The number of hydrogen-bond acceptors (Lipinski definition) is 1. The maximum absolute atomic E-state index is 6.21. The number of allylic oxidation sites excluding steroid dienone is 1. The Morgan fingerprint density at radius 1 is 1.44 bits per heavy atom. The van der Waals surface area contributed by atoms with Gasteiger partial charge >= 0.3 is 0 Å². The molecular formula is C16H24ClN. The molecule has 2 heteroatoms. The van der Waals surface area contributed by atoms with Crippen molar-refractivity contribution in [1.82, 2.24) is 5.32 Å². The molecule has 0 fully saturated rings. The molecule has 1 N–H and O–H groups in total. The fraction of sp³-hybridized carbons (Fsp3) is 0.500. The first-order valence-electron chi connectivity index (χ1n) is 6.69. The van der Waals surface area contributed by atoms with Gasteiger partial charge in [-0.3, -0.25) is 0 Å². The predicted molar refractivity (Wildman–Crippen MR) is 81.3 cm³/mol. The highest BCUT2D eigenvalue weighted by molar-refractivity contribution is 6.31. The van der Waals surface area contributed by atoms with Crippen LogP contribution in [0.4, 0.5) is 0 Å². The minimum atomic E-state index is 0.375. The summed E-state index contributed by atoms with van der Waals surface area (Å²) >= 11 is 6.21. The van der Waals surface area contributed by atoms with E-state index < -0.39 is 0 Å². The molecule has 1 unspecified atom stereocenters. The number of halogens is 1. The van der Waals surface area contributed by atoms with E-state index in [1.54, 1.807) is 0 Å². The number of benzene rings is 1. The van der Waals surface area contributed by atoms with E-state index >= 15 is 0 Å². The molecule has 1 nitrogen and oxygen atoms in total. The van der Waals surface area contributed by atoms with Crippen molar-refractivity contribution in [2.45, 2.75) is 46.1 Å². The zero-order valence-electron chi connectivity index (χ0n) is 11.7. The summed E-state index contributed by atoms with van der Waals surface area (Å²) in [6.45, 7) is 11.4. The molecule has 0 saturated heterocycles. The molecule has 0 saturated carbocycles. The lowest BCUT2D eigenvalue weighted by Gasteiger charge is -2.21. The summed E-state index contributed by atoms with van der Waals surface area (Å²) in [5.41, 5.74) is 3.74. The average molecular weight is 266 g/mol. The second kappa shape index (κ2) is 7.60. The third-order valence-corrected chi connectivity index (χ3v) is 3.59. The van der Waals surface area contributed by atoms with Gasteiger partial charge in [-0.05, 0) is 56.8 Å². The van der Waals surface area contributed by atoms with E-state index in [9.17, 15) is 0 Å². The lowest BCUT2D eigenvalue weighted by atomic mass is 9.96. The summed E-state index contributed by atoms with van der Waals surface area (Å²) in [6, 6.07) is 6.54. The quantitative estimate of drug-likeness (QED) is 0.681. The molecule has 0 aliphatic heterocycles. The Kier molecular flexibility index (Phi) is 6.45. The molecule has 0 spiro atoms. The normalized spacial score (nSPS) is 12.4. The van der Waals surface area contributed by atoms with Gasteiger partial charge in [0, 0.05) is 11.1 Å². The number of rotatable bonds is 7. The third kappa shape index (κ3) is 4.47. The van der Waals surface area contributed by atoms with Crippen molar-refractivity contribution in [3.05, 3.63) is 46.5 Å². The van der Waals surface area contributed by atoms with Crippen molar-refractivity contribution in [2.75, 3.05) is 6.54 Å². The monoisotopic (exact) mass is 265 g/mol. The highest BCUT2D eigenvalue weighted by Crippen LogP contribution is 2.27. The summed E-state index contributed by atoms with van der Waals surface area (Å²) in [7, 11) is 0. The van der Waals surface area contributed by atoms with Crippen molar-refractivity contribution >= 4 is 11.6 Å². The molecule has 0 aromatic heterocycles. The molecule has 18 heavy (non-hydrogen) atoms. The Balaban J connectivity index is 2.86. The van der Waals surface area contributed by atoms with Gasteiger partial charge in [-0.1, -0.05) is 36.2 Å². The first-order valence-corrected chi connectivity index (χ1v) is 7.06. The minimum absolute atomic E-state index is 0.375. The molecule has 0 aliphatic carbocycles. The van der Waals surface area contributed by atoms with E-state index in [4.69, 9.17) is 11.6 Å². The van der Waals surface area contributed by atoms with Crippen LogP contribution in [0.3, 0.4) is 0 Å². The van der Waals surface area contributed by atoms with Crippen LogP contribution in [0, 0.1) is 6.92 Å². The molecule has 0 radical (unpaired) electrons. The van der Waals surface area contributed by atoms with Gasteiger partial charge in [0.05, 0.1) is 0 Å². The predicted octanol–water partition coefficient (Wildman–Crippen LogP) is 5.05. The maximum atomic E-state index is 6.21. The fourth-order valence-electron chi connectivity index (χ4n) is 2.08. The smallest absolute Gasteiger partial charge is 0.0438 e. The molecule has 0 bridgehead atoms. The van der Waals surface area contributed by atoms with Gasteiger partial charge in [0.15, 0.2) is 0 Å². The van der Waals surface area contributed by atoms with Gasteiger partial charge in [0.1, 0.15) is 0 Å². The van der Waals surface area contributed by atoms with Crippen LogP contribution >= 0.6 is 11.6 Å². The van der Waals surface area contributed by atoms with Gasteiger partial charge in [0.2, 0.25) is 0 Å². The Morgan fingerprint density at radius 2 is 2.17 bits per heavy atom. The van der Waals surface area contributed by atoms with Gasteiger partial charge < -0.3 is 5.32 Å². The topological polar surface area (TPSA) is 12.0 Å². The summed E-state index contributed by atoms with van der Waals surface area (Å²) in [6.07, 6.45) is 3.27. The van der Waals surface area contributed by atoms with Crippen molar-refractivity contribution in [3.63, 3.8) is 0 Å². The Bertz CT molecular complexity index is 398. The molecule has 1 atom stereocenters. The first-order chi connectivity index (χ1) is 8.56. The summed E-state index contributed by atoms with van der Waals surface area (Å²) in [5, 5.41) is 4.46. The van der Waals surface area contributed by atoms with E-state index in [1.165, 1.54) is 16.7 Å². The van der Waals surface area contributed by atoms with Gasteiger partial charge in [-0.15, -0.1) is 6.58 Å². The lowest BCUT2D eigenvalue weighted by Crippen LogP contribution is -2.23. The molecule has 1 aromatic rings. The molecule has 0 heterocycles. The zero-order valence-corrected chi connectivity index (χ0v) is 12.5. The molecule has 1 aromatic carbocycles. The van der Waals surface area contributed by atoms with E-state index in [1.807, 2.05) is 12.1 Å². The second-order valence-electron chi connectivity index (χ2n) is 4.96. The Hall–Kier alpha value is -0.790. The third-order valence-electron chi connectivity index (χ3n) is 3.19. The Labute approximate surface area is 116 Å². The summed E-state index contributed by atoms with van der Waals surface area (Å²) < 4.78 is 0. The van der Waals surface area contributed by atoms with Gasteiger partial charge in [0.25, 0.3) is 0 Å². The van der Waals surface area contributed by atoms with E-state index in [2.05, 4.69) is 38.7 Å². The fourth-order valence-corrected chi connectivity index (χ4v) is 2.26. The maximum Gasteiger partial charge on any atom is 0.0438 e. The van der Waals surface area contributed by atoms with Crippen LogP contribution < -0.4 is 5.32 Å². The summed E-state index contributed by atoms with van der Waals surface area (Å²) in [4.78, 5) is 0. The van der Waals surface area contributed by atoms with Crippen molar-refractivity contribution in [2.24, 2.45) is 0 Å². The average Bonchev–Trinajstić information content (AvgIpc) is 2.33. The van der Waals surface area contributed by atoms with Crippen LogP contribution in [-0.2, 0) is 0 Å². The van der Waals surface area contributed by atoms with Crippen LogP contribution in [-0.4, -0.2) is 6.54 Å². The van der Waals surface area contributed by atoms with Gasteiger partial charge in [-0.25, -0.2) is 0 Å². The SMILES string of the molecule is C=C(C)CCC(NCCC)c1cccc(Cl)c1C. The molecule has 0 aliphatic rings. The highest BCUT2D eigenvalue weighted by atomic mass is 35.5. The second-order valence-corrected chi connectivity index (χ2v) is 5.36. The Morgan fingerprint density at radius 3 is 2.78 bits per heavy atom. The van der Waals surface area contributed by atoms with Crippen LogP contribution in [0.25, 0.3) is 0 Å². The van der Waals surface area contributed by atoms with Crippen molar-refractivity contribution in [1.29, 1.82) is 0 Å². The zero-order chi connectivity index (χ0) is 13.5. The molecule has 1 rings (SSSR count).